The van der Waals surface area contributed by atoms with Crippen molar-refractivity contribution in [3.63, 3.8) is 0 Å². The van der Waals surface area contributed by atoms with Crippen LogP contribution in [0.4, 0.5) is 0 Å². The molecule has 0 heterocycles. The molecule has 260 valence electrons. The number of rotatable bonds is 33. The van der Waals surface area contributed by atoms with Gasteiger partial charge in [0.15, 0.2) is 6.10 Å². The monoisotopic (exact) mass is 646 g/mol. The second-order valence-corrected chi connectivity index (χ2v) is 13.4. The summed E-state index contributed by atoms with van der Waals surface area (Å²) in [7, 11) is -4.74. The van der Waals surface area contributed by atoms with Gasteiger partial charge in [-0.15, -0.1) is 0 Å². The van der Waals surface area contributed by atoms with Crippen LogP contribution in [0, 0.1) is 0 Å². The molecule has 0 aromatic rings. The predicted molar refractivity (Wildman–Crippen MR) is 179 cm³/mol. The highest BCUT2D eigenvalue weighted by atomic mass is 31.2. The number of carbonyl (C=O) groups excluding carboxylic acids is 2. The smallest absolute Gasteiger partial charge is 0.462 e. The van der Waals surface area contributed by atoms with Gasteiger partial charge in [-0.1, -0.05) is 142 Å². The van der Waals surface area contributed by atoms with Crippen LogP contribution in [0.2, 0.25) is 0 Å². The molecule has 0 aliphatic carbocycles. The number of hydrogen-bond donors (Lipinski definition) is 2. The molecule has 9 heteroatoms. The number of phosphoric ester groups is 1. The fraction of sp³-hybridized carbons (Fsp3) is 0.886. The van der Waals surface area contributed by atoms with E-state index in [0.717, 1.165) is 51.4 Å². The Kier molecular flexibility index (Phi) is 30.9. The van der Waals surface area contributed by atoms with E-state index < -0.39 is 32.5 Å². The van der Waals surface area contributed by atoms with Gasteiger partial charge in [0.2, 0.25) is 0 Å². The van der Waals surface area contributed by atoms with E-state index in [0.29, 0.717) is 6.42 Å². The number of esters is 2. The van der Waals surface area contributed by atoms with Crippen molar-refractivity contribution in [2.75, 3.05) is 13.2 Å². The first-order valence-corrected chi connectivity index (χ1v) is 19.5. The Morgan fingerprint density at radius 3 is 1.41 bits per heavy atom. The summed E-state index contributed by atoms with van der Waals surface area (Å²) in [6.07, 6.45) is 32.1. The maximum Gasteiger partial charge on any atom is 0.469 e. The Labute approximate surface area is 269 Å². The lowest BCUT2D eigenvalue weighted by atomic mass is 10.0. The van der Waals surface area contributed by atoms with Gasteiger partial charge >= 0.3 is 19.8 Å². The van der Waals surface area contributed by atoms with Crippen LogP contribution in [-0.4, -0.2) is 41.0 Å². The highest BCUT2D eigenvalue weighted by Crippen LogP contribution is 2.36. The highest BCUT2D eigenvalue weighted by Gasteiger charge is 2.22. The van der Waals surface area contributed by atoms with Gasteiger partial charge in [0.1, 0.15) is 6.61 Å². The minimum Gasteiger partial charge on any atom is -0.462 e. The number of hydrogen-bond acceptors (Lipinski definition) is 6. The minimum atomic E-state index is -4.74. The molecule has 0 unspecified atom stereocenters. The minimum absolute atomic E-state index is 0.205. The zero-order chi connectivity index (χ0) is 32.6. The predicted octanol–water partition coefficient (Wildman–Crippen LogP) is 10.3. The summed E-state index contributed by atoms with van der Waals surface area (Å²) in [6.45, 7) is 3.65. The molecule has 0 aromatic carbocycles. The third-order valence-corrected chi connectivity index (χ3v) is 8.27. The zero-order valence-corrected chi connectivity index (χ0v) is 29.2. The van der Waals surface area contributed by atoms with Crippen LogP contribution in [0.25, 0.3) is 0 Å². The molecule has 0 aliphatic heterocycles. The Balaban J connectivity index is 3.98. The molecule has 0 radical (unpaired) electrons. The van der Waals surface area contributed by atoms with Gasteiger partial charge in [0.25, 0.3) is 0 Å². The lowest BCUT2D eigenvalue weighted by molar-refractivity contribution is -0.161. The van der Waals surface area contributed by atoms with Crippen LogP contribution in [0.5, 0.6) is 0 Å². The number of carbonyl (C=O) groups is 2. The van der Waals surface area contributed by atoms with Gasteiger partial charge in [0.05, 0.1) is 6.61 Å². The molecule has 0 aliphatic rings. The zero-order valence-electron chi connectivity index (χ0n) is 28.3. The molecule has 0 rings (SSSR count). The Morgan fingerprint density at radius 2 is 0.955 bits per heavy atom. The Bertz CT molecular complexity index is 736. The van der Waals surface area contributed by atoms with Crippen LogP contribution in [0.1, 0.15) is 181 Å². The third-order valence-electron chi connectivity index (χ3n) is 7.78. The van der Waals surface area contributed by atoms with Crippen molar-refractivity contribution in [2.45, 2.75) is 187 Å². The van der Waals surface area contributed by atoms with Gasteiger partial charge in [-0.3, -0.25) is 14.1 Å². The number of ether oxygens (including phenoxy) is 2. The molecule has 0 bridgehead atoms. The first-order valence-electron chi connectivity index (χ1n) is 18.0. The molecular weight excluding hydrogens is 579 g/mol. The van der Waals surface area contributed by atoms with Gasteiger partial charge in [-0.25, -0.2) is 4.57 Å². The van der Waals surface area contributed by atoms with Crippen LogP contribution >= 0.6 is 7.82 Å². The van der Waals surface area contributed by atoms with Crippen molar-refractivity contribution in [3.8, 4) is 0 Å². The lowest BCUT2D eigenvalue weighted by Crippen LogP contribution is -2.29. The Hall–Kier alpha value is -1.21. The van der Waals surface area contributed by atoms with Crippen molar-refractivity contribution < 1.29 is 37.9 Å². The molecule has 0 aromatic heterocycles. The van der Waals surface area contributed by atoms with Crippen LogP contribution in [0.15, 0.2) is 12.2 Å². The van der Waals surface area contributed by atoms with Crippen molar-refractivity contribution >= 4 is 19.8 Å². The van der Waals surface area contributed by atoms with Crippen LogP contribution in [0.3, 0.4) is 0 Å². The number of allylic oxidation sites excluding steroid dienone is 2. The summed E-state index contributed by atoms with van der Waals surface area (Å²) in [5.41, 5.74) is 0. The van der Waals surface area contributed by atoms with E-state index in [1.807, 2.05) is 0 Å². The average Bonchev–Trinajstić information content (AvgIpc) is 2.98. The molecule has 8 nitrogen and oxygen atoms in total. The van der Waals surface area contributed by atoms with E-state index >= 15 is 0 Å². The Morgan fingerprint density at radius 1 is 0.568 bits per heavy atom. The molecule has 44 heavy (non-hydrogen) atoms. The molecule has 1 atom stereocenters. The van der Waals surface area contributed by atoms with E-state index in [1.165, 1.54) is 96.3 Å². The summed E-state index contributed by atoms with van der Waals surface area (Å²) in [4.78, 5) is 42.6. The van der Waals surface area contributed by atoms with E-state index in [2.05, 4.69) is 30.5 Å². The van der Waals surface area contributed by atoms with Gasteiger partial charge in [0, 0.05) is 12.8 Å². The second-order valence-electron chi connectivity index (χ2n) is 12.2. The first-order chi connectivity index (χ1) is 21.3. The van der Waals surface area contributed by atoms with E-state index in [4.69, 9.17) is 19.3 Å². The molecule has 2 N–H and O–H groups in total. The summed E-state index contributed by atoms with van der Waals surface area (Å²) >= 11 is 0. The van der Waals surface area contributed by atoms with E-state index in [1.54, 1.807) is 0 Å². The SMILES string of the molecule is CCCCCC/C=C/CCCCCCCC(=O)O[C@H](COC(=O)CCCCCCCCCCCCCCC)COP(=O)(O)O. The maximum absolute atomic E-state index is 12.3. The van der Waals surface area contributed by atoms with E-state index in [9.17, 15) is 14.2 Å². The fourth-order valence-corrected chi connectivity index (χ4v) is 5.43. The third kappa shape index (κ3) is 33.7. The van der Waals surface area contributed by atoms with Crippen molar-refractivity contribution in [3.05, 3.63) is 12.2 Å². The van der Waals surface area contributed by atoms with Crippen molar-refractivity contribution in [1.82, 2.24) is 0 Å². The summed E-state index contributed by atoms with van der Waals surface area (Å²) in [6, 6.07) is 0. The van der Waals surface area contributed by atoms with Crippen molar-refractivity contribution in [1.29, 1.82) is 0 Å². The second kappa shape index (κ2) is 31.8. The summed E-state index contributed by atoms with van der Waals surface area (Å²) < 4.78 is 26.2. The van der Waals surface area contributed by atoms with Gasteiger partial charge in [-0.2, -0.15) is 0 Å². The fourth-order valence-electron chi connectivity index (χ4n) is 5.07. The molecule has 0 saturated heterocycles. The van der Waals surface area contributed by atoms with E-state index in [-0.39, 0.29) is 19.4 Å². The largest absolute Gasteiger partial charge is 0.469 e. The molecule has 0 amide bonds. The van der Waals surface area contributed by atoms with Crippen molar-refractivity contribution in [2.24, 2.45) is 0 Å². The number of phosphoric acid groups is 1. The molecular formula is C35H67O8P. The number of unbranched alkanes of at least 4 members (excludes halogenated alkanes) is 21. The molecule has 0 spiro atoms. The topological polar surface area (TPSA) is 119 Å². The quantitative estimate of drug-likeness (QED) is 0.0313. The van der Waals surface area contributed by atoms with Crippen LogP contribution in [-0.2, 0) is 28.2 Å². The average molecular weight is 647 g/mol. The lowest BCUT2D eigenvalue weighted by Gasteiger charge is -2.18. The highest BCUT2D eigenvalue weighted by molar-refractivity contribution is 7.46. The molecule has 0 saturated carbocycles. The van der Waals surface area contributed by atoms with Gasteiger partial charge < -0.3 is 19.3 Å². The first kappa shape index (κ1) is 42.8. The standard InChI is InChI=1S/C35H67O8P/c1-3-5-7-9-11-13-15-17-19-21-23-25-27-29-34(36)41-31-33(32-42-44(38,39)40)43-35(37)30-28-26-24-22-20-18-16-14-12-10-8-6-4-2/h14,16,33H,3-13,15,17-32H2,1-2H3,(H2,38,39,40)/b16-14+/t33-/m1/s1. The summed E-state index contributed by atoms with van der Waals surface area (Å²) in [5.74, 6) is -0.889. The van der Waals surface area contributed by atoms with Crippen LogP contribution < -0.4 is 0 Å². The van der Waals surface area contributed by atoms with Gasteiger partial charge in [-0.05, 0) is 38.5 Å². The molecule has 0 fully saturated rings. The summed E-state index contributed by atoms with van der Waals surface area (Å²) in [5, 5.41) is 0. The maximum atomic E-state index is 12.3. The normalized spacial score (nSPS) is 12.5.